The van der Waals surface area contributed by atoms with Gasteiger partial charge in [-0.3, -0.25) is 4.79 Å². The van der Waals surface area contributed by atoms with E-state index in [4.69, 9.17) is 10.9 Å². The molecule has 1 fully saturated rings. The van der Waals surface area contributed by atoms with E-state index in [1.54, 1.807) is 30.1 Å². The van der Waals surface area contributed by atoms with Crippen molar-refractivity contribution in [1.29, 1.82) is 0 Å². The summed E-state index contributed by atoms with van der Waals surface area (Å²) in [4.78, 5) is 14.0. The zero-order valence-corrected chi connectivity index (χ0v) is 11.2. The van der Waals surface area contributed by atoms with Gasteiger partial charge in [-0.05, 0) is 30.9 Å². The minimum absolute atomic E-state index is 0.00863. The highest BCUT2D eigenvalue weighted by Gasteiger charge is 2.34. The van der Waals surface area contributed by atoms with E-state index in [-0.39, 0.29) is 17.7 Å². The summed E-state index contributed by atoms with van der Waals surface area (Å²) in [5.41, 5.74) is 6.86. The number of amides is 1. The van der Waals surface area contributed by atoms with Crippen LogP contribution in [-0.4, -0.2) is 24.0 Å². The first kappa shape index (κ1) is 13.4. The number of para-hydroxylation sites is 1. The number of hydrogen-bond acceptors (Lipinski definition) is 3. The summed E-state index contributed by atoms with van der Waals surface area (Å²) in [6, 6.07) is 7.15. The molecule has 0 bridgehead atoms. The molecule has 1 unspecified atom stereocenters. The molecular weight excluding hydrogens is 242 g/mol. The molecule has 0 aromatic heterocycles. The molecule has 1 saturated carbocycles. The van der Waals surface area contributed by atoms with E-state index in [1.807, 2.05) is 13.0 Å². The summed E-state index contributed by atoms with van der Waals surface area (Å²) >= 11 is 0. The number of hydrogen-bond donors (Lipinski definition) is 2. The fourth-order valence-electron chi connectivity index (χ4n) is 2.26. The standard InChI is InChI=1S/C14H19N3O2/c1-9(10-7-8-10)14(18)17(2)12-6-4-3-5-11(12)13(15)16-19/h3-6,9-10,19H,7-8H2,1-2H3,(H2,15,16). The van der Waals surface area contributed by atoms with Gasteiger partial charge in [0, 0.05) is 18.5 Å². The molecule has 0 radical (unpaired) electrons. The molecule has 3 N–H and O–H groups in total. The molecule has 1 aromatic rings. The maximum atomic E-state index is 12.4. The molecule has 1 amide bonds. The second-order valence-electron chi connectivity index (χ2n) is 5.03. The first-order valence-corrected chi connectivity index (χ1v) is 6.40. The van der Waals surface area contributed by atoms with Crippen molar-refractivity contribution in [1.82, 2.24) is 0 Å². The molecule has 1 aliphatic rings. The number of nitrogens with zero attached hydrogens (tertiary/aromatic N) is 2. The average molecular weight is 261 g/mol. The van der Waals surface area contributed by atoms with Crippen molar-refractivity contribution < 1.29 is 10.0 Å². The summed E-state index contributed by atoms with van der Waals surface area (Å²) < 4.78 is 0. The molecule has 2 rings (SSSR count). The number of rotatable bonds is 4. The lowest BCUT2D eigenvalue weighted by molar-refractivity contribution is -0.122. The van der Waals surface area contributed by atoms with E-state index in [0.717, 1.165) is 12.8 Å². The molecule has 5 heteroatoms. The monoisotopic (exact) mass is 261 g/mol. The van der Waals surface area contributed by atoms with Gasteiger partial charge in [0.05, 0.1) is 5.69 Å². The normalized spacial score (nSPS) is 17.1. The van der Waals surface area contributed by atoms with E-state index >= 15 is 0 Å². The van der Waals surface area contributed by atoms with Gasteiger partial charge < -0.3 is 15.8 Å². The minimum atomic E-state index is 0.00863. The lowest BCUT2D eigenvalue weighted by atomic mass is 10.0. The predicted molar refractivity (Wildman–Crippen MR) is 74.3 cm³/mol. The van der Waals surface area contributed by atoms with Crippen molar-refractivity contribution in [3.8, 4) is 0 Å². The smallest absolute Gasteiger partial charge is 0.229 e. The number of benzene rings is 1. The van der Waals surface area contributed by atoms with Crippen molar-refractivity contribution in [2.75, 3.05) is 11.9 Å². The van der Waals surface area contributed by atoms with E-state index in [2.05, 4.69) is 5.16 Å². The largest absolute Gasteiger partial charge is 0.409 e. The summed E-state index contributed by atoms with van der Waals surface area (Å²) in [7, 11) is 1.73. The first-order chi connectivity index (χ1) is 9.06. The second kappa shape index (κ2) is 5.30. The lowest BCUT2D eigenvalue weighted by Crippen LogP contribution is -2.34. The Balaban J connectivity index is 2.27. The minimum Gasteiger partial charge on any atom is -0.409 e. The van der Waals surface area contributed by atoms with Crippen LogP contribution in [0, 0.1) is 11.8 Å². The molecule has 0 heterocycles. The molecule has 1 aliphatic carbocycles. The highest BCUT2D eigenvalue weighted by atomic mass is 16.4. The van der Waals surface area contributed by atoms with Gasteiger partial charge >= 0.3 is 0 Å². The third-order valence-corrected chi connectivity index (χ3v) is 3.70. The van der Waals surface area contributed by atoms with Gasteiger partial charge in [0.1, 0.15) is 0 Å². The zero-order valence-electron chi connectivity index (χ0n) is 11.2. The maximum absolute atomic E-state index is 12.4. The van der Waals surface area contributed by atoms with Gasteiger partial charge in [-0.15, -0.1) is 0 Å². The topological polar surface area (TPSA) is 78.9 Å². The Kier molecular flexibility index (Phi) is 3.74. The van der Waals surface area contributed by atoms with Crippen LogP contribution in [0.2, 0.25) is 0 Å². The van der Waals surface area contributed by atoms with Gasteiger partial charge in [0.25, 0.3) is 0 Å². The van der Waals surface area contributed by atoms with Crippen molar-refractivity contribution in [3.63, 3.8) is 0 Å². The Bertz CT molecular complexity index is 509. The molecule has 0 spiro atoms. The average Bonchev–Trinajstić information content (AvgIpc) is 3.28. The van der Waals surface area contributed by atoms with Crippen LogP contribution in [0.25, 0.3) is 0 Å². The highest BCUT2D eigenvalue weighted by molar-refractivity contribution is 6.06. The van der Waals surface area contributed by atoms with Crippen LogP contribution in [0.1, 0.15) is 25.3 Å². The van der Waals surface area contributed by atoms with Gasteiger partial charge in [0.2, 0.25) is 5.91 Å². The molecule has 1 aromatic carbocycles. The van der Waals surface area contributed by atoms with Crippen molar-refractivity contribution in [2.24, 2.45) is 22.7 Å². The molecule has 1 atom stereocenters. The van der Waals surface area contributed by atoms with Crippen LogP contribution in [0.4, 0.5) is 5.69 Å². The van der Waals surface area contributed by atoms with Crippen molar-refractivity contribution >= 4 is 17.4 Å². The molecule has 0 saturated heterocycles. The lowest BCUT2D eigenvalue weighted by Gasteiger charge is -2.23. The van der Waals surface area contributed by atoms with Gasteiger partial charge in [-0.1, -0.05) is 24.2 Å². The SMILES string of the molecule is CC(C(=O)N(C)c1ccccc1/C(N)=N/O)C1CC1. The van der Waals surface area contributed by atoms with Crippen molar-refractivity contribution in [3.05, 3.63) is 29.8 Å². The Morgan fingerprint density at radius 1 is 1.47 bits per heavy atom. The van der Waals surface area contributed by atoms with E-state index in [1.165, 1.54) is 0 Å². The molecule has 0 aliphatic heterocycles. The zero-order chi connectivity index (χ0) is 14.0. The van der Waals surface area contributed by atoms with E-state index < -0.39 is 0 Å². The fraction of sp³-hybridized carbons (Fsp3) is 0.429. The second-order valence-corrected chi connectivity index (χ2v) is 5.03. The molecule has 102 valence electrons. The number of nitrogens with two attached hydrogens (primary N) is 1. The number of amidine groups is 1. The van der Waals surface area contributed by atoms with Crippen LogP contribution >= 0.6 is 0 Å². The molecular formula is C14H19N3O2. The van der Waals surface area contributed by atoms with Crippen LogP contribution < -0.4 is 10.6 Å². The van der Waals surface area contributed by atoms with Crippen LogP contribution in [0.15, 0.2) is 29.4 Å². The van der Waals surface area contributed by atoms with E-state index in [9.17, 15) is 4.79 Å². The number of oxime groups is 1. The third kappa shape index (κ3) is 2.70. The van der Waals surface area contributed by atoms with Crippen LogP contribution in [-0.2, 0) is 4.79 Å². The molecule has 5 nitrogen and oxygen atoms in total. The highest BCUT2D eigenvalue weighted by Crippen LogP contribution is 2.38. The quantitative estimate of drug-likeness (QED) is 0.375. The van der Waals surface area contributed by atoms with Gasteiger partial charge in [0.15, 0.2) is 5.84 Å². The summed E-state index contributed by atoms with van der Waals surface area (Å²) in [5.74, 6) is 0.603. The van der Waals surface area contributed by atoms with Gasteiger partial charge in [-0.25, -0.2) is 0 Å². The summed E-state index contributed by atoms with van der Waals surface area (Å²) in [5, 5.41) is 11.8. The van der Waals surface area contributed by atoms with E-state index in [0.29, 0.717) is 17.2 Å². The number of anilines is 1. The number of carbonyl (C=O) groups is 1. The third-order valence-electron chi connectivity index (χ3n) is 3.70. The molecule has 19 heavy (non-hydrogen) atoms. The van der Waals surface area contributed by atoms with Crippen LogP contribution in [0.5, 0.6) is 0 Å². The van der Waals surface area contributed by atoms with Crippen molar-refractivity contribution in [2.45, 2.75) is 19.8 Å². The Morgan fingerprint density at radius 3 is 2.68 bits per heavy atom. The Hall–Kier alpha value is -2.04. The fourth-order valence-corrected chi connectivity index (χ4v) is 2.26. The maximum Gasteiger partial charge on any atom is 0.229 e. The summed E-state index contributed by atoms with van der Waals surface area (Å²) in [6.45, 7) is 1.96. The number of carbonyl (C=O) groups excluding carboxylic acids is 1. The van der Waals surface area contributed by atoms with Gasteiger partial charge in [-0.2, -0.15) is 0 Å². The van der Waals surface area contributed by atoms with Crippen LogP contribution in [0.3, 0.4) is 0 Å². The summed E-state index contributed by atoms with van der Waals surface area (Å²) in [6.07, 6.45) is 2.26. The Morgan fingerprint density at radius 2 is 2.11 bits per heavy atom. The first-order valence-electron chi connectivity index (χ1n) is 6.40. The predicted octanol–water partition coefficient (Wildman–Crippen LogP) is 1.79. The Labute approximate surface area is 112 Å².